The van der Waals surface area contributed by atoms with Crippen molar-refractivity contribution in [2.75, 3.05) is 13.6 Å². The molecule has 0 saturated heterocycles. The normalized spacial score (nSPS) is 14.6. The Bertz CT molecular complexity index is 714. The zero-order chi connectivity index (χ0) is 16.9. The zero-order valence-corrected chi connectivity index (χ0v) is 14.9. The van der Waals surface area contributed by atoms with Gasteiger partial charge in [-0.05, 0) is 24.1 Å². The van der Waals surface area contributed by atoms with Crippen LogP contribution in [0.5, 0.6) is 0 Å². The van der Waals surface area contributed by atoms with Crippen LogP contribution in [0.1, 0.15) is 32.3 Å². The minimum absolute atomic E-state index is 0.202. The minimum Gasteiger partial charge on any atom is -0.207 e. The molecule has 0 heterocycles. The lowest BCUT2D eigenvalue weighted by atomic mass is 9.78. The van der Waals surface area contributed by atoms with E-state index in [4.69, 9.17) is 0 Å². The summed E-state index contributed by atoms with van der Waals surface area (Å²) in [5.74, 6) is 0. The summed E-state index contributed by atoms with van der Waals surface area (Å²) in [7, 11) is -1.80. The molecule has 124 valence electrons. The largest absolute Gasteiger partial charge is 0.242 e. The molecule has 0 saturated carbocycles. The maximum Gasteiger partial charge on any atom is 0.242 e. The monoisotopic (exact) mass is 331 g/mol. The Balaban J connectivity index is 2.30. The fourth-order valence-electron chi connectivity index (χ4n) is 3.06. The van der Waals surface area contributed by atoms with E-state index in [9.17, 15) is 8.42 Å². The summed E-state index contributed by atoms with van der Waals surface area (Å²) >= 11 is 0. The second-order valence-corrected chi connectivity index (χ2v) is 8.30. The van der Waals surface area contributed by atoms with Crippen LogP contribution in [0.2, 0.25) is 0 Å². The first kappa shape index (κ1) is 17.7. The average molecular weight is 331 g/mol. The van der Waals surface area contributed by atoms with Gasteiger partial charge >= 0.3 is 0 Å². The first-order valence-electron chi connectivity index (χ1n) is 7.97. The fraction of sp³-hybridized carbons (Fsp3) is 0.368. The number of rotatable bonds is 7. The Morgan fingerprint density at radius 2 is 1.48 bits per heavy atom. The van der Waals surface area contributed by atoms with Crippen LogP contribution in [0.3, 0.4) is 0 Å². The maximum absolute atomic E-state index is 12.8. The molecule has 4 heteroatoms. The van der Waals surface area contributed by atoms with Crippen molar-refractivity contribution in [3.05, 3.63) is 66.2 Å². The summed E-state index contributed by atoms with van der Waals surface area (Å²) < 4.78 is 27.0. The molecule has 0 spiro atoms. The molecule has 0 radical (unpaired) electrons. The third kappa shape index (κ3) is 4.01. The molecule has 0 aliphatic heterocycles. The minimum atomic E-state index is -3.47. The summed E-state index contributed by atoms with van der Waals surface area (Å²) in [6.45, 7) is 4.73. The molecule has 0 aromatic heterocycles. The van der Waals surface area contributed by atoms with Crippen molar-refractivity contribution in [2.24, 2.45) is 0 Å². The predicted octanol–water partition coefficient (Wildman–Crippen LogP) is 4.07. The number of hydrogen-bond donors (Lipinski definition) is 0. The Morgan fingerprint density at radius 3 is 2.00 bits per heavy atom. The van der Waals surface area contributed by atoms with Crippen molar-refractivity contribution in [1.82, 2.24) is 4.31 Å². The number of hydrogen-bond acceptors (Lipinski definition) is 2. The van der Waals surface area contributed by atoms with Gasteiger partial charge in [0.25, 0.3) is 0 Å². The van der Waals surface area contributed by atoms with Gasteiger partial charge in [0, 0.05) is 19.0 Å². The Hall–Kier alpha value is -1.65. The van der Waals surface area contributed by atoms with Gasteiger partial charge in [-0.25, -0.2) is 12.7 Å². The van der Waals surface area contributed by atoms with Gasteiger partial charge < -0.3 is 0 Å². The van der Waals surface area contributed by atoms with Gasteiger partial charge in [0.2, 0.25) is 10.0 Å². The van der Waals surface area contributed by atoms with Gasteiger partial charge in [-0.3, -0.25) is 0 Å². The highest BCUT2D eigenvalue weighted by molar-refractivity contribution is 7.89. The van der Waals surface area contributed by atoms with Crippen LogP contribution >= 0.6 is 0 Å². The molecule has 2 rings (SSSR count). The first-order valence-corrected chi connectivity index (χ1v) is 9.41. The first-order chi connectivity index (χ1) is 10.9. The SMILES string of the molecule is CCCC(C)(CN(C)S(=O)(=O)c1ccccc1)c1ccccc1. The molecule has 0 fully saturated rings. The van der Waals surface area contributed by atoms with Crippen molar-refractivity contribution >= 4 is 10.0 Å². The Labute approximate surface area is 140 Å². The Morgan fingerprint density at radius 1 is 0.957 bits per heavy atom. The lowest BCUT2D eigenvalue weighted by Crippen LogP contribution is -2.40. The third-order valence-electron chi connectivity index (χ3n) is 4.30. The van der Waals surface area contributed by atoms with Crippen LogP contribution in [0.15, 0.2) is 65.6 Å². The van der Waals surface area contributed by atoms with Gasteiger partial charge in [0.15, 0.2) is 0 Å². The average Bonchev–Trinajstić information content (AvgIpc) is 2.56. The zero-order valence-electron chi connectivity index (χ0n) is 14.1. The van der Waals surface area contributed by atoms with E-state index in [0.717, 1.165) is 12.8 Å². The number of benzene rings is 2. The maximum atomic E-state index is 12.8. The second-order valence-electron chi connectivity index (χ2n) is 6.25. The molecule has 0 aliphatic rings. The van der Waals surface area contributed by atoms with Crippen LogP contribution in [-0.2, 0) is 15.4 Å². The van der Waals surface area contributed by atoms with E-state index in [1.54, 1.807) is 31.3 Å². The van der Waals surface area contributed by atoms with Crippen LogP contribution in [0.25, 0.3) is 0 Å². The van der Waals surface area contributed by atoms with Crippen molar-refractivity contribution in [2.45, 2.75) is 37.0 Å². The van der Waals surface area contributed by atoms with E-state index < -0.39 is 10.0 Å². The molecule has 0 N–H and O–H groups in total. The molecule has 0 bridgehead atoms. The third-order valence-corrected chi connectivity index (χ3v) is 6.11. The van der Waals surface area contributed by atoms with E-state index in [1.165, 1.54) is 9.87 Å². The van der Waals surface area contributed by atoms with Gasteiger partial charge in [-0.1, -0.05) is 68.8 Å². The molecule has 1 unspecified atom stereocenters. The molecule has 2 aromatic rings. The van der Waals surface area contributed by atoms with Crippen LogP contribution in [0.4, 0.5) is 0 Å². The van der Waals surface area contributed by atoms with Gasteiger partial charge in [-0.2, -0.15) is 0 Å². The van der Waals surface area contributed by atoms with Crippen LogP contribution in [-0.4, -0.2) is 26.3 Å². The lowest BCUT2D eigenvalue weighted by Gasteiger charge is -2.34. The van der Waals surface area contributed by atoms with Crippen molar-refractivity contribution in [1.29, 1.82) is 0 Å². The fourth-order valence-corrected chi connectivity index (χ4v) is 4.37. The molecular formula is C19H25NO2S. The van der Waals surface area contributed by atoms with Crippen molar-refractivity contribution < 1.29 is 8.42 Å². The molecule has 23 heavy (non-hydrogen) atoms. The number of likely N-dealkylation sites (N-methyl/N-ethyl adjacent to an activating group) is 1. The smallest absolute Gasteiger partial charge is 0.207 e. The van der Waals surface area contributed by atoms with E-state index in [2.05, 4.69) is 26.0 Å². The molecular weight excluding hydrogens is 306 g/mol. The lowest BCUT2D eigenvalue weighted by molar-refractivity contribution is 0.329. The van der Waals surface area contributed by atoms with E-state index in [1.807, 2.05) is 24.3 Å². The number of nitrogens with zero attached hydrogens (tertiary/aromatic N) is 1. The van der Waals surface area contributed by atoms with E-state index >= 15 is 0 Å². The van der Waals surface area contributed by atoms with Gasteiger partial charge in [-0.15, -0.1) is 0 Å². The summed E-state index contributed by atoms with van der Waals surface area (Å²) in [6, 6.07) is 18.8. The summed E-state index contributed by atoms with van der Waals surface area (Å²) in [5.41, 5.74) is 0.976. The van der Waals surface area contributed by atoms with Crippen molar-refractivity contribution in [3.8, 4) is 0 Å². The van der Waals surface area contributed by atoms with Gasteiger partial charge in [0.05, 0.1) is 4.90 Å². The highest BCUT2D eigenvalue weighted by Crippen LogP contribution is 2.31. The van der Waals surface area contributed by atoms with E-state index in [-0.39, 0.29) is 5.41 Å². The number of sulfonamides is 1. The highest BCUT2D eigenvalue weighted by atomic mass is 32.2. The summed E-state index contributed by atoms with van der Waals surface area (Å²) in [6.07, 6.45) is 1.94. The van der Waals surface area contributed by atoms with E-state index in [0.29, 0.717) is 11.4 Å². The molecule has 1 atom stereocenters. The second kappa shape index (κ2) is 7.28. The summed E-state index contributed by atoms with van der Waals surface area (Å²) in [4.78, 5) is 0.342. The Kier molecular flexibility index (Phi) is 5.60. The predicted molar refractivity (Wildman–Crippen MR) is 95.0 cm³/mol. The highest BCUT2D eigenvalue weighted by Gasteiger charge is 2.32. The topological polar surface area (TPSA) is 37.4 Å². The standard InChI is InChI=1S/C19H25NO2S/c1-4-15-19(2,17-11-7-5-8-12-17)16-20(3)23(21,22)18-13-9-6-10-14-18/h5-14H,4,15-16H2,1-3H3. The molecule has 2 aromatic carbocycles. The summed E-state index contributed by atoms with van der Waals surface area (Å²) in [5, 5.41) is 0. The van der Waals surface area contributed by atoms with Gasteiger partial charge in [0.1, 0.15) is 0 Å². The van der Waals surface area contributed by atoms with Crippen LogP contribution < -0.4 is 0 Å². The molecule has 0 amide bonds. The van der Waals surface area contributed by atoms with Crippen molar-refractivity contribution in [3.63, 3.8) is 0 Å². The molecule has 0 aliphatic carbocycles. The quantitative estimate of drug-likeness (QED) is 0.767. The molecule has 3 nitrogen and oxygen atoms in total. The van der Waals surface area contributed by atoms with Crippen LogP contribution in [0, 0.1) is 0 Å².